The summed E-state index contributed by atoms with van der Waals surface area (Å²) in [6.07, 6.45) is 4.30. The minimum Gasteiger partial charge on any atom is -0.481 e. The molecule has 3 fully saturated rings. The molecule has 0 radical (unpaired) electrons. The molecule has 0 aromatic heterocycles. The van der Waals surface area contributed by atoms with Crippen molar-refractivity contribution >= 4 is 23.5 Å². The largest absolute Gasteiger partial charge is 0.481 e. The number of aliphatic carboxylic acids is 1. The van der Waals surface area contributed by atoms with Gasteiger partial charge in [0.2, 0.25) is 5.78 Å². The van der Waals surface area contributed by atoms with Gasteiger partial charge in [-0.2, -0.15) is 0 Å². The Labute approximate surface area is 193 Å². The third kappa shape index (κ3) is 3.75. The molecule has 0 aliphatic heterocycles. The van der Waals surface area contributed by atoms with Crippen LogP contribution in [0.25, 0.3) is 0 Å². The molecule has 0 amide bonds. The highest BCUT2D eigenvalue weighted by molar-refractivity contribution is 5.92. The van der Waals surface area contributed by atoms with Crippen molar-refractivity contribution < 1.29 is 39.2 Å². The Kier molecular flexibility index (Phi) is 6.06. The van der Waals surface area contributed by atoms with E-state index >= 15 is 0 Å². The molecule has 7 atom stereocenters. The predicted molar refractivity (Wildman–Crippen MR) is 116 cm³/mol. The number of Topliss-reactive ketones (excluding diaryl/α,β-unsaturated/α-hetero) is 1. The zero-order chi connectivity index (χ0) is 24.2. The summed E-state index contributed by atoms with van der Waals surface area (Å²) in [6, 6.07) is 0. The molecule has 0 bridgehead atoms. The van der Waals surface area contributed by atoms with Gasteiger partial charge in [-0.25, -0.2) is 0 Å². The van der Waals surface area contributed by atoms with Crippen LogP contribution in [0, 0.1) is 28.6 Å². The first-order chi connectivity index (χ1) is 15.4. The highest BCUT2D eigenvalue weighted by Gasteiger charge is 2.68. The Morgan fingerprint density at radius 2 is 1.85 bits per heavy atom. The topological polar surface area (TPSA) is 138 Å². The van der Waals surface area contributed by atoms with Gasteiger partial charge in [0, 0.05) is 11.8 Å². The van der Waals surface area contributed by atoms with E-state index in [1.54, 1.807) is 6.08 Å². The van der Waals surface area contributed by atoms with Gasteiger partial charge < -0.3 is 20.1 Å². The second-order valence-corrected chi connectivity index (χ2v) is 11.0. The van der Waals surface area contributed by atoms with Gasteiger partial charge in [0.25, 0.3) is 0 Å². The van der Waals surface area contributed by atoms with E-state index in [2.05, 4.69) is 6.92 Å². The lowest BCUT2D eigenvalue weighted by Gasteiger charge is -2.60. The van der Waals surface area contributed by atoms with Crippen molar-refractivity contribution in [3.05, 3.63) is 11.6 Å². The predicted octanol–water partition coefficient (Wildman–Crippen LogP) is 2.20. The fourth-order valence-corrected chi connectivity index (χ4v) is 7.70. The number of hydrogen-bond acceptors (Lipinski definition) is 7. The second-order valence-electron chi connectivity index (χ2n) is 11.0. The minimum absolute atomic E-state index is 0.0185. The molecule has 0 saturated heterocycles. The monoisotopic (exact) mass is 462 g/mol. The molecule has 8 nitrogen and oxygen atoms in total. The van der Waals surface area contributed by atoms with E-state index < -0.39 is 41.4 Å². The zero-order valence-corrected chi connectivity index (χ0v) is 19.3. The van der Waals surface area contributed by atoms with Crippen molar-refractivity contribution in [1.82, 2.24) is 0 Å². The minimum atomic E-state index is -1.71. The molecule has 182 valence electrons. The molecule has 0 spiro atoms. The third-order valence-corrected chi connectivity index (χ3v) is 9.42. The molecule has 4 aliphatic carbocycles. The number of carbonyl (C=O) groups excluding carboxylic acids is 3. The van der Waals surface area contributed by atoms with Crippen molar-refractivity contribution in [3.8, 4) is 0 Å². The highest BCUT2D eigenvalue weighted by atomic mass is 16.5. The van der Waals surface area contributed by atoms with E-state index in [0.29, 0.717) is 12.8 Å². The number of carboxylic acids is 1. The van der Waals surface area contributed by atoms with Gasteiger partial charge in [-0.15, -0.1) is 0 Å². The van der Waals surface area contributed by atoms with Crippen LogP contribution in [0.5, 0.6) is 0 Å². The van der Waals surface area contributed by atoms with Crippen LogP contribution < -0.4 is 0 Å². The van der Waals surface area contributed by atoms with E-state index in [9.17, 15) is 29.4 Å². The first-order valence-corrected chi connectivity index (χ1v) is 12.0. The van der Waals surface area contributed by atoms with Crippen molar-refractivity contribution in [1.29, 1.82) is 0 Å². The lowest BCUT2D eigenvalue weighted by Crippen LogP contribution is -2.62. The van der Waals surface area contributed by atoms with Crippen LogP contribution in [0.15, 0.2) is 11.6 Å². The maximum atomic E-state index is 13.1. The highest BCUT2D eigenvalue weighted by Crippen LogP contribution is 2.67. The molecule has 4 rings (SSSR count). The fourth-order valence-electron chi connectivity index (χ4n) is 7.70. The molecule has 33 heavy (non-hydrogen) atoms. The van der Waals surface area contributed by atoms with E-state index in [1.165, 1.54) is 0 Å². The smallest absolute Gasteiger partial charge is 0.306 e. The first-order valence-electron chi connectivity index (χ1n) is 12.0. The number of esters is 1. The number of ether oxygens (including phenoxy) is 1. The number of carbonyl (C=O) groups is 4. The summed E-state index contributed by atoms with van der Waals surface area (Å²) in [4.78, 5) is 47.5. The first kappa shape index (κ1) is 24.1. The quantitative estimate of drug-likeness (QED) is 0.511. The normalized spacial score (nSPS) is 41.9. The Hall–Kier alpha value is -2.06. The number of hydrogen-bond donors (Lipinski definition) is 3. The van der Waals surface area contributed by atoms with Gasteiger partial charge in [-0.05, 0) is 67.8 Å². The van der Waals surface area contributed by atoms with Gasteiger partial charge in [0.1, 0.15) is 5.60 Å². The van der Waals surface area contributed by atoms with Crippen LogP contribution in [-0.2, 0) is 23.9 Å². The maximum Gasteiger partial charge on any atom is 0.306 e. The van der Waals surface area contributed by atoms with E-state index in [4.69, 9.17) is 9.84 Å². The summed E-state index contributed by atoms with van der Waals surface area (Å²) in [5.74, 6) is -2.20. The number of rotatable bonds is 6. The van der Waals surface area contributed by atoms with E-state index in [0.717, 1.165) is 24.8 Å². The molecular weight excluding hydrogens is 428 g/mol. The Bertz CT molecular complexity index is 908. The van der Waals surface area contributed by atoms with Crippen molar-refractivity contribution in [3.63, 3.8) is 0 Å². The number of allylic oxidation sites excluding steroid dienone is 1. The Balaban J connectivity index is 1.53. The summed E-state index contributed by atoms with van der Waals surface area (Å²) in [6.45, 7) is 3.41. The van der Waals surface area contributed by atoms with Crippen LogP contribution in [0.4, 0.5) is 0 Å². The number of aliphatic hydroxyl groups is 2. The van der Waals surface area contributed by atoms with E-state index in [-0.39, 0.29) is 54.6 Å². The summed E-state index contributed by atoms with van der Waals surface area (Å²) in [5.41, 5.74) is -1.68. The number of fused-ring (bicyclic) bond motifs is 5. The molecule has 0 heterocycles. The molecule has 4 aliphatic rings. The molecular formula is C25H34O8. The summed E-state index contributed by atoms with van der Waals surface area (Å²) < 4.78 is 4.97. The van der Waals surface area contributed by atoms with Crippen LogP contribution in [0.3, 0.4) is 0 Å². The summed E-state index contributed by atoms with van der Waals surface area (Å²) >= 11 is 0. The third-order valence-electron chi connectivity index (χ3n) is 9.42. The number of carboxylic acid groups (broad SMARTS) is 1. The Morgan fingerprint density at radius 3 is 2.55 bits per heavy atom. The average Bonchev–Trinajstić information content (AvgIpc) is 3.02. The van der Waals surface area contributed by atoms with Gasteiger partial charge in [-0.3, -0.25) is 19.2 Å². The van der Waals surface area contributed by atoms with Crippen LogP contribution in [-0.4, -0.2) is 57.1 Å². The van der Waals surface area contributed by atoms with Gasteiger partial charge in [-0.1, -0.05) is 19.4 Å². The van der Waals surface area contributed by atoms with Crippen molar-refractivity contribution in [2.45, 2.75) is 83.3 Å². The summed E-state index contributed by atoms with van der Waals surface area (Å²) in [7, 11) is 0. The molecule has 3 N–H and O–H groups in total. The summed E-state index contributed by atoms with van der Waals surface area (Å²) in [5, 5.41) is 31.6. The molecule has 0 unspecified atom stereocenters. The van der Waals surface area contributed by atoms with Crippen LogP contribution in [0.1, 0.15) is 71.6 Å². The van der Waals surface area contributed by atoms with Gasteiger partial charge in [0.05, 0.1) is 18.9 Å². The van der Waals surface area contributed by atoms with Crippen LogP contribution >= 0.6 is 0 Å². The van der Waals surface area contributed by atoms with Crippen LogP contribution in [0.2, 0.25) is 0 Å². The standard InChI is InChI=1S/C25H34O8/c1-23-9-7-15(26)11-14(23)3-4-16-17-8-10-25(32,24(17,2)12-18(27)22(16)23)19(28)13-33-21(31)6-5-20(29)30/h11,16-18,22,27,32H,3-10,12-13H2,1-2H3,(H,29,30)/t16-,17-,18+,22+,23+,24+,25+/m1/s1. The SMILES string of the molecule is C[C@]12CCC(=O)C=C1CC[C@H]1[C@H]2[C@@H](O)C[C@@]2(C)[C@@H]1CC[C@]2(O)C(=O)COC(=O)CCC(=O)O. The lowest BCUT2D eigenvalue weighted by atomic mass is 9.45. The second kappa shape index (κ2) is 8.31. The molecule has 0 aromatic carbocycles. The number of aliphatic hydroxyl groups excluding tert-OH is 1. The average molecular weight is 463 g/mol. The zero-order valence-electron chi connectivity index (χ0n) is 19.3. The fraction of sp³-hybridized carbons (Fsp3) is 0.760. The molecule has 8 heteroatoms. The van der Waals surface area contributed by atoms with Crippen molar-refractivity contribution in [2.75, 3.05) is 6.61 Å². The number of ketones is 2. The Morgan fingerprint density at radius 1 is 1.12 bits per heavy atom. The van der Waals surface area contributed by atoms with E-state index in [1.807, 2.05) is 6.92 Å². The molecule has 3 saturated carbocycles. The van der Waals surface area contributed by atoms with Gasteiger partial charge >= 0.3 is 11.9 Å². The van der Waals surface area contributed by atoms with Crippen molar-refractivity contribution in [2.24, 2.45) is 28.6 Å². The molecule has 0 aromatic rings. The lowest BCUT2D eigenvalue weighted by molar-refractivity contribution is -0.184. The van der Waals surface area contributed by atoms with Gasteiger partial charge in [0.15, 0.2) is 12.4 Å². The maximum absolute atomic E-state index is 13.1.